The molecule has 0 aliphatic heterocycles. The van der Waals surface area contributed by atoms with Crippen LogP contribution in [0.5, 0.6) is 5.75 Å². The molecule has 7 nitrogen and oxygen atoms in total. The third kappa shape index (κ3) is 5.77. The summed E-state index contributed by atoms with van der Waals surface area (Å²) in [6, 6.07) is 12.4. The van der Waals surface area contributed by atoms with Crippen molar-refractivity contribution in [1.82, 2.24) is 0 Å². The number of nitrogens with zero attached hydrogens (tertiary/aromatic N) is 1. The first-order chi connectivity index (χ1) is 13.8. The molecular formula is C22H30N3O4+. The van der Waals surface area contributed by atoms with Crippen molar-refractivity contribution in [3.05, 3.63) is 63.7 Å². The highest BCUT2D eigenvalue weighted by Gasteiger charge is 2.26. The van der Waals surface area contributed by atoms with Crippen LogP contribution in [0.15, 0.2) is 42.5 Å². The summed E-state index contributed by atoms with van der Waals surface area (Å²) in [4.78, 5) is 23.2. The first-order valence-corrected chi connectivity index (χ1v) is 9.83. The van der Waals surface area contributed by atoms with Crippen molar-refractivity contribution in [3.63, 3.8) is 0 Å². The van der Waals surface area contributed by atoms with Crippen LogP contribution in [0.25, 0.3) is 0 Å². The fourth-order valence-electron chi connectivity index (χ4n) is 3.24. The molecule has 0 aliphatic rings. The number of rotatable bonds is 9. The van der Waals surface area contributed by atoms with E-state index in [2.05, 4.69) is 55.7 Å². The van der Waals surface area contributed by atoms with E-state index in [0.717, 1.165) is 6.42 Å². The Morgan fingerprint density at radius 3 is 2.34 bits per heavy atom. The standard InChI is InChI=1S/C22H29N3O4/c1-6-16-7-9-17(10-8-16)21(14(2)3)23-15(4)22(26)24-19-12-11-18(25(27)28)13-20(19)29-5/h7-15,21,23H,6H2,1-5H3,(H,24,26)/p+1/t15-,21+/m1/s1. The van der Waals surface area contributed by atoms with Crippen LogP contribution in [0.1, 0.15) is 44.9 Å². The largest absolute Gasteiger partial charge is 0.494 e. The molecule has 0 spiro atoms. The van der Waals surface area contributed by atoms with E-state index in [1.807, 2.05) is 6.92 Å². The third-order valence-electron chi connectivity index (χ3n) is 5.05. The summed E-state index contributed by atoms with van der Waals surface area (Å²) in [5.41, 5.74) is 2.80. The van der Waals surface area contributed by atoms with Gasteiger partial charge in [-0.15, -0.1) is 0 Å². The lowest BCUT2D eigenvalue weighted by atomic mass is 9.94. The average Bonchev–Trinajstić information content (AvgIpc) is 2.71. The lowest BCUT2D eigenvalue weighted by Crippen LogP contribution is -2.93. The van der Waals surface area contributed by atoms with Gasteiger partial charge in [-0.3, -0.25) is 14.9 Å². The number of aryl methyl sites for hydroxylation is 1. The Morgan fingerprint density at radius 2 is 1.83 bits per heavy atom. The van der Waals surface area contributed by atoms with Gasteiger partial charge in [-0.1, -0.05) is 45.0 Å². The quantitative estimate of drug-likeness (QED) is 0.497. The monoisotopic (exact) mass is 400 g/mol. The van der Waals surface area contributed by atoms with Gasteiger partial charge in [0.15, 0.2) is 6.04 Å². The predicted octanol–water partition coefficient (Wildman–Crippen LogP) is 3.45. The fourth-order valence-corrected chi connectivity index (χ4v) is 3.24. The molecule has 3 N–H and O–H groups in total. The molecule has 0 heterocycles. The molecule has 2 aromatic rings. The molecule has 0 saturated carbocycles. The molecule has 2 atom stereocenters. The van der Waals surface area contributed by atoms with Crippen LogP contribution in [0.4, 0.5) is 11.4 Å². The lowest BCUT2D eigenvalue weighted by molar-refractivity contribution is -0.718. The number of non-ortho nitro benzene ring substituents is 1. The van der Waals surface area contributed by atoms with Crippen molar-refractivity contribution >= 4 is 17.3 Å². The zero-order chi connectivity index (χ0) is 21.6. The zero-order valence-corrected chi connectivity index (χ0v) is 17.6. The molecule has 1 amide bonds. The number of benzene rings is 2. The van der Waals surface area contributed by atoms with Gasteiger partial charge in [-0.2, -0.15) is 0 Å². The average molecular weight is 400 g/mol. The number of anilines is 1. The number of carbonyl (C=O) groups excluding carboxylic acids is 1. The SMILES string of the molecule is CCc1ccc([C@@H]([NH2+][C@H](C)C(=O)Nc2ccc([N+](=O)[O-])cc2OC)C(C)C)cc1. The highest BCUT2D eigenvalue weighted by molar-refractivity contribution is 5.95. The smallest absolute Gasteiger partial charge is 0.282 e. The van der Waals surface area contributed by atoms with E-state index in [4.69, 9.17) is 4.74 Å². The molecule has 0 aliphatic carbocycles. The number of amides is 1. The number of nitrogens with two attached hydrogens (primary N) is 1. The summed E-state index contributed by atoms with van der Waals surface area (Å²) >= 11 is 0. The topological polar surface area (TPSA) is 98.1 Å². The minimum atomic E-state index is -0.498. The second-order valence-electron chi connectivity index (χ2n) is 7.48. The molecule has 2 aromatic carbocycles. The molecule has 2 rings (SSSR count). The number of ether oxygens (including phenoxy) is 1. The van der Waals surface area contributed by atoms with Crippen LogP contribution in [-0.2, 0) is 11.2 Å². The normalized spacial score (nSPS) is 13.0. The summed E-state index contributed by atoms with van der Waals surface area (Å²) in [5, 5.41) is 15.8. The molecular weight excluding hydrogens is 370 g/mol. The Balaban J connectivity index is 2.12. The van der Waals surface area contributed by atoms with Gasteiger partial charge in [0.25, 0.3) is 11.6 Å². The number of hydrogen-bond donors (Lipinski definition) is 2. The van der Waals surface area contributed by atoms with E-state index in [0.29, 0.717) is 11.6 Å². The summed E-state index contributed by atoms with van der Waals surface area (Å²) < 4.78 is 5.20. The number of hydrogen-bond acceptors (Lipinski definition) is 4. The van der Waals surface area contributed by atoms with Crippen molar-refractivity contribution in [1.29, 1.82) is 0 Å². The first kappa shape index (κ1) is 22.4. The molecule has 0 aromatic heterocycles. The molecule has 0 unspecified atom stereocenters. The van der Waals surface area contributed by atoms with E-state index in [1.165, 1.54) is 36.4 Å². The summed E-state index contributed by atoms with van der Waals surface area (Å²) in [6.45, 7) is 8.25. The van der Waals surface area contributed by atoms with Crippen LogP contribution in [-0.4, -0.2) is 24.0 Å². The fraction of sp³-hybridized carbons (Fsp3) is 0.409. The Kier molecular flexibility index (Phi) is 7.73. The van der Waals surface area contributed by atoms with Crippen LogP contribution >= 0.6 is 0 Å². The van der Waals surface area contributed by atoms with Crippen molar-refractivity contribution in [2.24, 2.45) is 5.92 Å². The molecule has 0 fully saturated rings. The molecule has 0 saturated heterocycles. The Morgan fingerprint density at radius 1 is 1.17 bits per heavy atom. The molecule has 29 heavy (non-hydrogen) atoms. The Bertz CT molecular complexity index is 850. The van der Waals surface area contributed by atoms with Gasteiger partial charge in [0.2, 0.25) is 0 Å². The highest BCUT2D eigenvalue weighted by atomic mass is 16.6. The van der Waals surface area contributed by atoms with Gasteiger partial charge in [0.1, 0.15) is 11.8 Å². The summed E-state index contributed by atoms with van der Waals surface area (Å²) in [7, 11) is 1.42. The second kappa shape index (κ2) is 10.0. The molecule has 0 bridgehead atoms. The zero-order valence-electron chi connectivity index (χ0n) is 17.6. The van der Waals surface area contributed by atoms with Gasteiger partial charge in [-0.25, -0.2) is 0 Å². The first-order valence-electron chi connectivity index (χ1n) is 9.83. The Labute approximate surface area is 171 Å². The predicted molar refractivity (Wildman–Crippen MR) is 113 cm³/mol. The van der Waals surface area contributed by atoms with Gasteiger partial charge in [0, 0.05) is 17.5 Å². The van der Waals surface area contributed by atoms with Crippen molar-refractivity contribution in [3.8, 4) is 5.75 Å². The number of carbonyl (C=O) groups is 1. The van der Waals surface area contributed by atoms with Crippen LogP contribution in [0.2, 0.25) is 0 Å². The van der Waals surface area contributed by atoms with Crippen LogP contribution < -0.4 is 15.4 Å². The molecule has 156 valence electrons. The van der Waals surface area contributed by atoms with Gasteiger partial charge < -0.3 is 15.4 Å². The van der Waals surface area contributed by atoms with Crippen molar-refractivity contribution in [2.45, 2.75) is 46.2 Å². The maximum atomic E-state index is 12.8. The maximum Gasteiger partial charge on any atom is 0.282 e. The summed E-state index contributed by atoms with van der Waals surface area (Å²) in [6.07, 6.45) is 0.992. The number of quaternary nitrogens is 1. The maximum absolute atomic E-state index is 12.8. The number of nitro groups is 1. The second-order valence-corrected chi connectivity index (χ2v) is 7.48. The number of methoxy groups -OCH3 is 1. The number of nitrogens with one attached hydrogen (secondary N) is 1. The van der Waals surface area contributed by atoms with Crippen molar-refractivity contribution < 1.29 is 19.8 Å². The van der Waals surface area contributed by atoms with E-state index < -0.39 is 4.92 Å². The van der Waals surface area contributed by atoms with Crippen LogP contribution in [0, 0.1) is 16.0 Å². The van der Waals surface area contributed by atoms with Gasteiger partial charge in [0.05, 0.1) is 23.8 Å². The van der Waals surface area contributed by atoms with E-state index in [1.54, 1.807) is 0 Å². The molecule has 0 radical (unpaired) electrons. The van der Waals surface area contributed by atoms with E-state index in [9.17, 15) is 14.9 Å². The van der Waals surface area contributed by atoms with Gasteiger partial charge in [-0.05, 0) is 25.0 Å². The summed E-state index contributed by atoms with van der Waals surface area (Å²) in [5.74, 6) is 0.412. The minimum Gasteiger partial charge on any atom is -0.494 e. The highest BCUT2D eigenvalue weighted by Crippen LogP contribution is 2.29. The Hall–Kier alpha value is -2.93. The number of nitro benzene ring substituents is 1. The van der Waals surface area contributed by atoms with Gasteiger partial charge >= 0.3 is 0 Å². The van der Waals surface area contributed by atoms with E-state index in [-0.39, 0.29) is 29.4 Å². The van der Waals surface area contributed by atoms with E-state index >= 15 is 0 Å². The third-order valence-corrected chi connectivity index (χ3v) is 5.05. The van der Waals surface area contributed by atoms with Crippen molar-refractivity contribution in [2.75, 3.05) is 12.4 Å². The minimum absolute atomic E-state index is 0.0881. The lowest BCUT2D eigenvalue weighted by Gasteiger charge is -2.23. The molecule has 7 heteroatoms. The van der Waals surface area contributed by atoms with Crippen LogP contribution in [0.3, 0.4) is 0 Å².